The quantitative estimate of drug-likeness (QED) is 0.784. The summed E-state index contributed by atoms with van der Waals surface area (Å²) < 4.78 is 5.61. The lowest BCUT2D eigenvalue weighted by Crippen LogP contribution is -2.72. The predicted octanol–water partition coefficient (Wildman–Crippen LogP) is 1.60. The minimum absolute atomic E-state index is 0.244. The lowest BCUT2D eigenvalue weighted by molar-refractivity contribution is -0.152. The van der Waals surface area contributed by atoms with Crippen LogP contribution in [0, 0.1) is 17.8 Å². The third-order valence-corrected chi connectivity index (χ3v) is 5.62. The number of ether oxygens (including phenoxy) is 1. The molecule has 0 unspecified atom stereocenters. The number of amides is 1. The van der Waals surface area contributed by atoms with Gasteiger partial charge in [0.25, 0.3) is 0 Å². The van der Waals surface area contributed by atoms with Gasteiger partial charge in [0.15, 0.2) is 0 Å². The van der Waals surface area contributed by atoms with Gasteiger partial charge in [-0.25, -0.2) is 0 Å². The Hall–Kier alpha value is -0.610. The molecule has 1 amide bonds. The van der Waals surface area contributed by atoms with Crippen LogP contribution in [-0.2, 0) is 9.53 Å². The largest absolute Gasteiger partial charge is 0.381 e. The van der Waals surface area contributed by atoms with Crippen LogP contribution in [0.2, 0.25) is 0 Å². The van der Waals surface area contributed by atoms with Gasteiger partial charge in [-0.3, -0.25) is 9.69 Å². The molecule has 3 fully saturated rings. The molecule has 0 aromatic heterocycles. The van der Waals surface area contributed by atoms with Crippen molar-refractivity contribution in [3.63, 3.8) is 0 Å². The Balaban J connectivity index is 1.54. The first-order valence-corrected chi connectivity index (χ1v) is 8.13. The first-order chi connectivity index (χ1) is 9.55. The summed E-state index contributed by atoms with van der Waals surface area (Å²) in [6.45, 7) is 8.96. The molecular formula is C16H28N2O2. The van der Waals surface area contributed by atoms with Crippen LogP contribution in [0.5, 0.6) is 0 Å². The van der Waals surface area contributed by atoms with Crippen molar-refractivity contribution < 1.29 is 9.53 Å². The second-order valence-electron chi connectivity index (χ2n) is 7.18. The number of likely N-dealkylation sites (N-methyl/N-ethyl adjacent to an activating group) is 1. The summed E-state index contributed by atoms with van der Waals surface area (Å²) in [5.74, 6) is 2.03. The van der Waals surface area contributed by atoms with Gasteiger partial charge < -0.3 is 9.64 Å². The first kappa shape index (κ1) is 14.3. The summed E-state index contributed by atoms with van der Waals surface area (Å²) in [7, 11) is 2.22. The molecule has 3 atom stereocenters. The van der Waals surface area contributed by atoms with Gasteiger partial charge in [-0.15, -0.1) is 0 Å². The zero-order chi connectivity index (χ0) is 14.3. The number of hydrogen-bond donors (Lipinski definition) is 0. The smallest absolute Gasteiger partial charge is 0.226 e. The SMILES string of the molecule is CCOC[C@@H]1CCN(C)C2(C1)CN(C(=O)[C@H]1C[C@H]1C)C2. The van der Waals surface area contributed by atoms with Gasteiger partial charge in [-0.2, -0.15) is 0 Å². The summed E-state index contributed by atoms with van der Waals surface area (Å²) in [6, 6.07) is 0. The van der Waals surface area contributed by atoms with E-state index in [0.717, 1.165) is 39.3 Å². The van der Waals surface area contributed by atoms with Crippen LogP contribution >= 0.6 is 0 Å². The predicted molar refractivity (Wildman–Crippen MR) is 78.4 cm³/mol. The van der Waals surface area contributed by atoms with E-state index in [1.807, 2.05) is 0 Å². The number of nitrogens with zero attached hydrogens (tertiary/aromatic N) is 2. The summed E-state index contributed by atoms with van der Waals surface area (Å²) in [6.07, 6.45) is 3.52. The van der Waals surface area contributed by atoms with Crippen LogP contribution in [0.3, 0.4) is 0 Å². The van der Waals surface area contributed by atoms with Gasteiger partial charge in [0.2, 0.25) is 5.91 Å². The van der Waals surface area contributed by atoms with E-state index in [1.54, 1.807) is 0 Å². The van der Waals surface area contributed by atoms with Gasteiger partial charge in [0.1, 0.15) is 0 Å². The Labute approximate surface area is 122 Å². The third kappa shape index (κ3) is 2.48. The Kier molecular flexibility index (Phi) is 3.80. The molecule has 3 aliphatic rings. The van der Waals surface area contributed by atoms with Crippen LogP contribution in [0.25, 0.3) is 0 Å². The van der Waals surface area contributed by atoms with E-state index in [9.17, 15) is 4.79 Å². The maximum atomic E-state index is 12.3. The van der Waals surface area contributed by atoms with Crippen molar-refractivity contribution in [1.82, 2.24) is 9.80 Å². The van der Waals surface area contributed by atoms with Crippen LogP contribution in [0.4, 0.5) is 0 Å². The maximum Gasteiger partial charge on any atom is 0.226 e. The van der Waals surface area contributed by atoms with Crippen molar-refractivity contribution in [2.24, 2.45) is 17.8 Å². The molecule has 114 valence electrons. The number of likely N-dealkylation sites (tertiary alicyclic amines) is 2. The zero-order valence-electron chi connectivity index (χ0n) is 13.1. The van der Waals surface area contributed by atoms with Gasteiger partial charge in [0, 0.05) is 32.2 Å². The molecule has 0 aromatic rings. The highest BCUT2D eigenvalue weighted by molar-refractivity contribution is 5.82. The van der Waals surface area contributed by atoms with Crippen LogP contribution in [0.15, 0.2) is 0 Å². The van der Waals surface area contributed by atoms with Crippen molar-refractivity contribution in [2.75, 3.05) is 39.9 Å². The molecule has 4 nitrogen and oxygen atoms in total. The molecule has 2 aliphatic heterocycles. The van der Waals surface area contributed by atoms with Crippen LogP contribution < -0.4 is 0 Å². The average molecular weight is 280 g/mol. The summed E-state index contributed by atoms with van der Waals surface area (Å²) in [5, 5.41) is 0. The molecule has 0 aromatic carbocycles. The van der Waals surface area contributed by atoms with E-state index in [2.05, 4.69) is 30.7 Å². The summed E-state index contributed by atoms with van der Waals surface area (Å²) in [4.78, 5) is 16.8. The van der Waals surface area contributed by atoms with E-state index in [4.69, 9.17) is 4.74 Å². The Bertz CT molecular complexity index is 377. The fourth-order valence-corrected chi connectivity index (χ4v) is 3.93. The molecule has 2 heterocycles. The first-order valence-electron chi connectivity index (χ1n) is 8.13. The Morgan fingerprint density at radius 2 is 2.10 bits per heavy atom. The molecule has 1 saturated carbocycles. The van der Waals surface area contributed by atoms with Gasteiger partial charge in [0.05, 0.1) is 5.54 Å². The van der Waals surface area contributed by atoms with Crippen molar-refractivity contribution >= 4 is 5.91 Å². The molecule has 0 N–H and O–H groups in total. The van der Waals surface area contributed by atoms with E-state index in [1.165, 1.54) is 12.8 Å². The molecule has 1 aliphatic carbocycles. The number of rotatable bonds is 4. The molecule has 0 radical (unpaired) electrons. The average Bonchev–Trinajstić information content (AvgIpc) is 3.12. The normalized spacial score (nSPS) is 36.0. The second-order valence-corrected chi connectivity index (χ2v) is 7.18. The Morgan fingerprint density at radius 3 is 2.70 bits per heavy atom. The van der Waals surface area contributed by atoms with E-state index < -0.39 is 0 Å². The van der Waals surface area contributed by atoms with E-state index >= 15 is 0 Å². The van der Waals surface area contributed by atoms with Gasteiger partial charge in [-0.1, -0.05) is 6.92 Å². The van der Waals surface area contributed by atoms with E-state index in [0.29, 0.717) is 23.7 Å². The minimum atomic E-state index is 0.244. The number of carbonyl (C=O) groups is 1. The molecule has 0 bridgehead atoms. The number of carbonyl (C=O) groups excluding carboxylic acids is 1. The zero-order valence-corrected chi connectivity index (χ0v) is 13.1. The number of piperidine rings is 1. The molecule has 20 heavy (non-hydrogen) atoms. The lowest BCUT2D eigenvalue weighted by atomic mass is 9.75. The second kappa shape index (κ2) is 5.30. The molecule has 4 heteroatoms. The standard InChI is InChI=1S/C16H28N2O2/c1-4-20-9-13-5-6-17(3)16(8-13)10-18(11-16)15(19)14-7-12(14)2/h12-14H,4-11H2,1-3H3/t12-,13-,14+/m1/s1. The summed E-state index contributed by atoms with van der Waals surface area (Å²) in [5.41, 5.74) is 0.244. The highest BCUT2D eigenvalue weighted by atomic mass is 16.5. The molecule has 2 saturated heterocycles. The van der Waals surface area contributed by atoms with Crippen LogP contribution in [-0.4, -0.2) is 61.1 Å². The van der Waals surface area contributed by atoms with Crippen molar-refractivity contribution in [3.8, 4) is 0 Å². The fourth-order valence-electron chi connectivity index (χ4n) is 3.93. The lowest BCUT2D eigenvalue weighted by Gasteiger charge is -2.58. The van der Waals surface area contributed by atoms with Crippen molar-refractivity contribution in [3.05, 3.63) is 0 Å². The number of hydrogen-bond acceptors (Lipinski definition) is 3. The Morgan fingerprint density at radius 1 is 1.40 bits per heavy atom. The van der Waals surface area contributed by atoms with E-state index in [-0.39, 0.29) is 5.54 Å². The van der Waals surface area contributed by atoms with Crippen LogP contribution in [0.1, 0.15) is 33.1 Å². The fraction of sp³-hybridized carbons (Fsp3) is 0.938. The third-order valence-electron chi connectivity index (χ3n) is 5.62. The molecular weight excluding hydrogens is 252 g/mol. The van der Waals surface area contributed by atoms with Gasteiger partial charge in [-0.05, 0) is 51.6 Å². The highest BCUT2D eigenvalue weighted by Gasteiger charge is 2.53. The van der Waals surface area contributed by atoms with Crippen molar-refractivity contribution in [2.45, 2.75) is 38.6 Å². The van der Waals surface area contributed by atoms with Gasteiger partial charge >= 0.3 is 0 Å². The minimum Gasteiger partial charge on any atom is -0.381 e. The maximum absolute atomic E-state index is 12.3. The summed E-state index contributed by atoms with van der Waals surface area (Å²) >= 11 is 0. The molecule has 1 spiro atoms. The molecule has 3 rings (SSSR count). The monoisotopic (exact) mass is 280 g/mol. The highest BCUT2D eigenvalue weighted by Crippen LogP contribution is 2.44. The topological polar surface area (TPSA) is 32.8 Å². The van der Waals surface area contributed by atoms with Crippen molar-refractivity contribution in [1.29, 1.82) is 0 Å².